The van der Waals surface area contributed by atoms with E-state index in [4.69, 9.17) is 9.72 Å². The van der Waals surface area contributed by atoms with Crippen LogP contribution in [0.15, 0.2) is 42.7 Å². The summed E-state index contributed by atoms with van der Waals surface area (Å²) in [6, 6.07) is 10.1. The Morgan fingerprint density at radius 1 is 1.09 bits per heavy atom. The first-order valence-corrected chi connectivity index (χ1v) is 8.35. The molecule has 114 valence electrons. The first-order chi connectivity index (χ1) is 10.8. The van der Waals surface area contributed by atoms with Crippen molar-refractivity contribution in [3.05, 3.63) is 53.6 Å². The van der Waals surface area contributed by atoms with Crippen molar-refractivity contribution in [2.45, 2.75) is 19.8 Å². The predicted molar refractivity (Wildman–Crippen MR) is 89.0 cm³/mol. The first kappa shape index (κ1) is 15.1. The molecule has 22 heavy (non-hydrogen) atoms. The average molecular weight is 313 g/mol. The van der Waals surface area contributed by atoms with Gasteiger partial charge in [0.2, 0.25) is 0 Å². The lowest BCUT2D eigenvalue weighted by Gasteiger charge is -2.14. The zero-order valence-corrected chi connectivity index (χ0v) is 13.4. The van der Waals surface area contributed by atoms with Gasteiger partial charge in [-0.1, -0.05) is 12.1 Å². The highest BCUT2D eigenvalue weighted by Crippen LogP contribution is 2.24. The van der Waals surface area contributed by atoms with Crippen molar-refractivity contribution < 1.29 is 4.74 Å². The average Bonchev–Trinajstić information content (AvgIpc) is 2.96. The Labute approximate surface area is 134 Å². The summed E-state index contributed by atoms with van der Waals surface area (Å²) in [4.78, 5) is 13.4. The molecule has 0 N–H and O–H groups in total. The van der Waals surface area contributed by atoms with Crippen LogP contribution in [-0.2, 0) is 17.6 Å². The number of para-hydroxylation sites is 1. The van der Waals surface area contributed by atoms with Crippen LogP contribution in [0.4, 0.5) is 0 Å². The van der Waals surface area contributed by atoms with Gasteiger partial charge in [0.05, 0.1) is 21.8 Å². The fourth-order valence-electron chi connectivity index (χ4n) is 2.42. The molecule has 0 spiro atoms. The molecule has 0 saturated carbocycles. The maximum atomic E-state index is 5.64. The van der Waals surface area contributed by atoms with Crippen molar-refractivity contribution in [1.29, 1.82) is 0 Å². The van der Waals surface area contributed by atoms with E-state index >= 15 is 0 Å². The first-order valence-electron chi connectivity index (χ1n) is 7.53. The molecule has 3 aromatic rings. The van der Waals surface area contributed by atoms with Gasteiger partial charge >= 0.3 is 0 Å². The molecule has 4 nitrogen and oxygen atoms in total. The van der Waals surface area contributed by atoms with Crippen molar-refractivity contribution in [1.82, 2.24) is 15.0 Å². The topological polar surface area (TPSA) is 47.9 Å². The lowest BCUT2D eigenvalue weighted by atomic mass is 10.0. The fourth-order valence-corrected chi connectivity index (χ4v) is 3.50. The Hall–Kier alpha value is -1.85. The second-order valence-corrected chi connectivity index (χ2v) is 6.29. The van der Waals surface area contributed by atoms with Crippen molar-refractivity contribution >= 4 is 21.6 Å². The molecule has 3 rings (SSSR count). The number of nitrogens with zero attached hydrogens (tertiary/aromatic N) is 3. The Morgan fingerprint density at radius 2 is 1.91 bits per heavy atom. The zero-order chi connectivity index (χ0) is 15.2. The highest BCUT2D eigenvalue weighted by Gasteiger charge is 2.15. The largest absolute Gasteiger partial charge is 0.381 e. The van der Waals surface area contributed by atoms with Gasteiger partial charge in [0, 0.05) is 31.8 Å². The van der Waals surface area contributed by atoms with Gasteiger partial charge in [-0.15, -0.1) is 11.3 Å². The van der Waals surface area contributed by atoms with Gasteiger partial charge in [-0.05, 0) is 31.0 Å². The SMILES string of the molecule is CCOCC(Cc1ncccn1)Cc1nc2ccccc2s1. The number of aromatic nitrogens is 3. The van der Waals surface area contributed by atoms with Crippen molar-refractivity contribution in [3.8, 4) is 0 Å². The zero-order valence-electron chi connectivity index (χ0n) is 12.6. The number of rotatable bonds is 7. The van der Waals surface area contributed by atoms with Crippen LogP contribution in [0, 0.1) is 5.92 Å². The normalized spacial score (nSPS) is 12.6. The van der Waals surface area contributed by atoms with Gasteiger partial charge < -0.3 is 4.74 Å². The number of fused-ring (bicyclic) bond motifs is 1. The lowest BCUT2D eigenvalue weighted by Crippen LogP contribution is -2.17. The van der Waals surface area contributed by atoms with E-state index in [1.165, 1.54) is 4.70 Å². The van der Waals surface area contributed by atoms with Gasteiger partial charge in [-0.3, -0.25) is 0 Å². The van der Waals surface area contributed by atoms with Crippen LogP contribution < -0.4 is 0 Å². The van der Waals surface area contributed by atoms with E-state index in [9.17, 15) is 0 Å². The molecular formula is C17H19N3OS. The van der Waals surface area contributed by atoms with E-state index in [-0.39, 0.29) is 0 Å². The van der Waals surface area contributed by atoms with Crippen molar-refractivity contribution in [2.75, 3.05) is 13.2 Å². The van der Waals surface area contributed by atoms with Crippen LogP contribution in [0.5, 0.6) is 0 Å². The molecule has 2 heterocycles. The van der Waals surface area contributed by atoms with E-state index in [2.05, 4.69) is 28.2 Å². The molecule has 1 aromatic carbocycles. The Bertz CT molecular complexity index is 681. The molecular weight excluding hydrogens is 294 g/mol. The Morgan fingerprint density at radius 3 is 2.68 bits per heavy atom. The number of hydrogen-bond donors (Lipinski definition) is 0. The quantitative estimate of drug-likeness (QED) is 0.669. The summed E-state index contributed by atoms with van der Waals surface area (Å²) in [5.74, 6) is 1.22. The van der Waals surface area contributed by atoms with E-state index in [0.717, 1.165) is 35.8 Å². The summed E-state index contributed by atoms with van der Waals surface area (Å²) >= 11 is 1.76. The highest BCUT2D eigenvalue weighted by molar-refractivity contribution is 7.18. The molecule has 0 aliphatic rings. The summed E-state index contributed by atoms with van der Waals surface area (Å²) in [5, 5.41) is 1.15. The molecule has 0 radical (unpaired) electrons. The molecule has 0 saturated heterocycles. The molecule has 1 unspecified atom stereocenters. The minimum atomic E-state index is 0.350. The van der Waals surface area contributed by atoms with E-state index in [0.29, 0.717) is 12.5 Å². The van der Waals surface area contributed by atoms with Crippen LogP contribution in [-0.4, -0.2) is 28.2 Å². The molecule has 0 aliphatic heterocycles. The molecule has 5 heteroatoms. The third-order valence-electron chi connectivity index (χ3n) is 3.45. The predicted octanol–water partition coefficient (Wildman–Crippen LogP) is 3.52. The lowest BCUT2D eigenvalue weighted by molar-refractivity contribution is 0.109. The Balaban J connectivity index is 1.73. The minimum absolute atomic E-state index is 0.350. The monoisotopic (exact) mass is 313 g/mol. The van der Waals surface area contributed by atoms with Crippen LogP contribution in [0.3, 0.4) is 0 Å². The second-order valence-electron chi connectivity index (χ2n) is 5.17. The van der Waals surface area contributed by atoms with Gasteiger partial charge in [0.25, 0.3) is 0 Å². The fraction of sp³-hybridized carbons (Fsp3) is 0.353. The number of ether oxygens (including phenoxy) is 1. The molecule has 0 bridgehead atoms. The van der Waals surface area contributed by atoms with Crippen molar-refractivity contribution in [2.24, 2.45) is 5.92 Å². The third kappa shape index (κ3) is 3.87. The van der Waals surface area contributed by atoms with Crippen molar-refractivity contribution in [3.63, 3.8) is 0 Å². The number of benzene rings is 1. The maximum absolute atomic E-state index is 5.64. The van der Waals surface area contributed by atoms with Gasteiger partial charge in [0.1, 0.15) is 5.82 Å². The number of thiazole rings is 1. The van der Waals surface area contributed by atoms with Gasteiger partial charge in [-0.25, -0.2) is 15.0 Å². The van der Waals surface area contributed by atoms with Gasteiger partial charge in [0.15, 0.2) is 0 Å². The summed E-state index contributed by atoms with van der Waals surface area (Å²) in [6.07, 6.45) is 5.30. The summed E-state index contributed by atoms with van der Waals surface area (Å²) < 4.78 is 6.87. The summed E-state index contributed by atoms with van der Waals surface area (Å²) in [7, 11) is 0. The van der Waals surface area contributed by atoms with Crippen LogP contribution >= 0.6 is 11.3 Å². The summed E-state index contributed by atoms with van der Waals surface area (Å²) in [5.41, 5.74) is 1.08. The molecule has 0 aliphatic carbocycles. The van der Waals surface area contributed by atoms with Crippen LogP contribution in [0.2, 0.25) is 0 Å². The molecule has 1 atom stereocenters. The minimum Gasteiger partial charge on any atom is -0.381 e. The van der Waals surface area contributed by atoms with Crippen LogP contribution in [0.1, 0.15) is 17.8 Å². The molecule has 0 amide bonds. The highest BCUT2D eigenvalue weighted by atomic mass is 32.1. The summed E-state index contributed by atoms with van der Waals surface area (Å²) in [6.45, 7) is 3.46. The van der Waals surface area contributed by atoms with E-state index < -0.39 is 0 Å². The van der Waals surface area contributed by atoms with Crippen LogP contribution in [0.25, 0.3) is 10.2 Å². The van der Waals surface area contributed by atoms with E-state index in [1.54, 1.807) is 23.7 Å². The maximum Gasteiger partial charge on any atom is 0.128 e. The standard InChI is InChI=1S/C17H19N3OS/c1-2-21-12-13(10-16-18-8-5-9-19-16)11-17-20-14-6-3-4-7-15(14)22-17/h3-9,13H,2,10-12H2,1H3. The van der Waals surface area contributed by atoms with Gasteiger partial charge in [-0.2, -0.15) is 0 Å². The second kappa shape index (κ2) is 7.42. The Kier molecular flexibility index (Phi) is 5.08. The number of hydrogen-bond acceptors (Lipinski definition) is 5. The smallest absolute Gasteiger partial charge is 0.128 e. The van der Waals surface area contributed by atoms with E-state index in [1.807, 2.05) is 19.1 Å². The third-order valence-corrected chi connectivity index (χ3v) is 4.51. The molecule has 0 fully saturated rings. The molecule has 2 aromatic heterocycles.